The van der Waals surface area contributed by atoms with Crippen molar-refractivity contribution in [3.63, 3.8) is 0 Å². The molecule has 0 amide bonds. The summed E-state index contributed by atoms with van der Waals surface area (Å²) >= 11 is 0. The highest BCUT2D eigenvalue weighted by atomic mass is 16.5. The van der Waals surface area contributed by atoms with E-state index in [0.29, 0.717) is 5.39 Å². The van der Waals surface area contributed by atoms with Crippen LogP contribution in [-0.2, 0) is 0 Å². The Morgan fingerprint density at radius 1 is 1.00 bits per heavy atom. The Morgan fingerprint density at radius 2 is 1.85 bits per heavy atom. The Balaban J connectivity index is 2.28. The van der Waals surface area contributed by atoms with Crippen LogP contribution in [0.2, 0.25) is 0 Å². The predicted octanol–water partition coefficient (Wildman–Crippen LogP) is 3.17. The van der Waals surface area contributed by atoms with Gasteiger partial charge in [-0.2, -0.15) is 0 Å². The molecule has 20 heavy (non-hydrogen) atoms. The molecule has 0 aliphatic heterocycles. The van der Waals surface area contributed by atoms with E-state index in [1.54, 1.807) is 13.3 Å². The van der Waals surface area contributed by atoms with Gasteiger partial charge in [-0.25, -0.2) is 0 Å². The van der Waals surface area contributed by atoms with Crippen LogP contribution in [0.5, 0.6) is 5.75 Å². The maximum atomic E-state index is 12.1. The second kappa shape index (κ2) is 3.87. The Bertz CT molecular complexity index is 1010. The maximum Gasteiger partial charge on any atom is 0.258 e. The lowest BCUT2D eigenvalue weighted by molar-refractivity contribution is 0.415. The molecule has 0 unspecified atom stereocenters. The van der Waals surface area contributed by atoms with Gasteiger partial charge in [-0.15, -0.1) is 0 Å². The van der Waals surface area contributed by atoms with Crippen molar-refractivity contribution in [2.24, 2.45) is 0 Å². The van der Waals surface area contributed by atoms with Crippen LogP contribution in [0.25, 0.3) is 32.6 Å². The largest absolute Gasteiger partial charge is 0.497 e. The zero-order valence-electron chi connectivity index (χ0n) is 10.9. The van der Waals surface area contributed by atoms with Crippen LogP contribution >= 0.6 is 0 Å². The van der Waals surface area contributed by atoms with E-state index in [1.807, 2.05) is 36.4 Å². The number of ether oxygens (including phenoxy) is 1. The number of methoxy groups -OCH3 is 1. The molecule has 0 aliphatic rings. The van der Waals surface area contributed by atoms with E-state index in [4.69, 9.17) is 4.74 Å². The first-order valence-electron chi connectivity index (χ1n) is 6.38. The number of pyridine rings is 1. The molecule has 0 fully saturated rings. The summed E-state index contributed by atoms with van der Waals surface area (Å²) < 4.78 is 5.25. The number of fused-ring (bicyclic) bond motifs is 5. The van der Waals surface area contributed by atoms with Crippen molar-refractivity contribution < 1.29 is 4.74 Å². The second-order valence-electron chi connectivity index (χ2n) is 4.80. The third-order valence-electron chi connectivity index (χ3n) is 3.71. The number of H-pyrrole nitrogens is 2. The van der Waals surface area contributed by atoms with Crippen LogP contribution in [0, 0.1) is 0 Å². The molecule has 0 saturated carbocycles. The predicted molar refractivity (Wildman–Crippen MR) is 80.5 cm³/mol. The Kier molecular flexibility index (Phi) is 2.15. The van der Waals surface area contributed by atoms with Crippen molar-refractivity contribution in [1.29, 1.82) is 0 Å². The molecular weight excluding hydrogens is 252 g/mol. The molecular formula is C16H12N2O2. The second-order valence-corrected chi connectivity index (χ2v) is 4.80. The third-order valence-corrected chi connectivity index (χ3v) is 3.71. The fourth-order valence-electron chi connectivity index (χ4n) is 2.78. The highest BCUT2D eigenvalue weighted by molar-refractivity contribution is 6.19. The summed E-state index contributed by atoms with van der Waals surface area (Å²) in [6, 6.07) is 11.8. The van der Waals surface area contributed by atoms with E-state index in [0.717, 1.165) is 32.9 Å². The minimum absolute atomic E-state index is 0.0722. The molecule has 4 nitrogen and oxygen atoms in total. The average molecular weight is 264 g/mol. The third kappa shape index (κ3) is 1.39. The number of aromatic nitrogens is 2. The first-order valence-corrected chi connectivity index (χ1v) is 6.38. The number of benzene rings is 2. The lowest BCUT2D eigenvalue weighted by Gasteiger charge is -2.03. The van der Waals surface area contributed by atoms with E-state index in [-0.39, 0.29) is 5.56 Å². The molecule has 0 bridgehead atoms. The Labute approximate surface area is 114 Å². The first kappa shape index (κ1) is 11.1. The van der Waals surface area contributed by atoms with Gasteiger partial charge in [-0.1, -0.05) is 6.07 Å². The lowest BCUT2D eigenvalue weighted by atomic mass is 10.0. The molecule has 0 atom stereocenters. The van der Waals surface area contributed by atoms with Gasteiger partial charge in [0.15, 0.2) is 0 Å². The van der Waals surface area contributed by atoms with Gasteiger partial charge in [0.2, 0.25) is 0 Å². The van der Waals surface area contributed by atoms with Crippen molar-refractivity contribution in [3.8, 4) is 5.75 Å². The molecule has 98 valence electrons. The van der Waals surface area contributed by atoms with Crippen molar-refractivity contribution in [1.82, 2.24) is 9.97 Å². The number of nitrogens with one attached hydrogen (secondary N) is 2. The number of hydrogen-bond acceptors (Lipinski definition) is 2. The normalized spacial score (nSPS) is 11.4. The van der Waals surface area contributed by atoms with Crippen LogP contribution in [0.1, 0.15) is 0 Å². The smallest absolute Gasteiger partial charge is 0.258 e. The van der Waals surface area contributed by atoms with Gasteiger partial charge < -0.3 is 14.7 Å². The van der Waals surface area contributed by atoms with Crippen LogP contribution in [0.3, 0.4) is 0 Å². The molecule has 2 aromatic carbocycles. The zero-order chi connectivity index (χ0) is 13.7. The Morgan fingerprint density at radius 3 is 2.70 bits per heavy atom. The van der Waals surface area contributed by atoms with Crippen molar-refractivity contribution in [3.05, 3.63) is 52.9 Å². The Hall–Kier alpha value is -2.75. The van der Waals surface area contributed by atoms with Crippen molar-refractivity contribution in [2.75, 3.05) is 7.11 Å². The highest BCUT2D eigenvalue weighted by Crippen LogP contribution is 2.31. The average Bonchev–Trinajstić information content (AvgIpc) is 2.86. The van der Waals surface area contributed by atoms with Crippen LogP contribution in [0.15, 0.2) is 47.4 Å². The summed E-state index contributed by atoms with van der Waals surface area (Å²) in [4.78, 5) is 18.1. The fourth-order valence-corrected chi connectivity index (χ4v) is 2.78. The number of hydrogen-bond donors (Lipinski definition) is 2. The summed E-state index contributed by atoms with van der Waals surface area (Å²) in [6.45, 7) is 0. The standard InChI is InChI=1S/C16H12N2O2/c1-20-10-3-4-11-9(8-10)2-5-12-14(11)15-13(18-12)6-7-17-16(15)19/h2-8,18H,1H3,(H,17,19). The van der Waals surface area contributed by atoms with Crippen LogP contribution < -0.4 is 10.3 Å². The highest BCUT2D eigenvalue weighted by Gasteiger charge is 2.11. The van der Waals surface area contributed by atoms with E-state index < -0.39 is 0 Å². The molecule has 2 N–H and O–H groups in total. The van der Waals surface area contributed by atoms with Crippen molar-refractivity contribution in [2.45, 2.75) is 0 Å². The van der Waals surface area contributed by atoms with Gasteiger partial charge in [0, 0.05) is 17.1 Å². The monoisotopic (exact) mass is 264 g/mol. The van der Waals surface area contributed by atoms with Gasteiger partial charge in [0.05, 0.1) is 18.0 Å². The lowest BCUT2D eigenvalue weighted by Crippen LogP contribution is -2.03. The number of rotatable bonds is 1. The topological polar surface area (TPSA) is 57.9 Å². The molecule has 0 aliphatic carbocycles. The molecule has 0 spiro atoms. The van der Waals surface area contributed by atoms with E-state index in [2.05, 4.69) is 9.97 Å². The molecule has 0 saturated heterocycles. The first-order chi connectivity index (χ1) is 9.78. The molecule has 0 radical (unpaired) electrons. The minimum atomic E-state index is -0.0722. The van der Waals surface area contributed by atoms with E-state index in [1.165, 1.54) is 0 Å². The quantitative estimate of drug-likeness (QED) is 0.554. The van der Waals surface area contributed by atoms with Gasteiger partial charge >= 0.3 is 0 Å². The summed E-state index contributed by atoms with van der Waals surface area (Å²) in [5, 5.41) is 3.77. The molecule has 4 heteroatoms. The van der Waals surface area contributed by atoms with Gasteiger partial charge in [-0.05, 0) is 41.1 Å². The van der Waals surface area contributed by atoms with Crippen LogP contribution in [-0.4, -0.2) is 17.1 Å². The summed E-state index contributed by atoms with van der Waals surface area (Å²) in [5.41, 5.74) is 1.75. The molecule has 4 aromatic rings. The molecule has 2 aromatic heterocycles. The SMILES string of the molecule is COc1ccc2c(ccc3[nH]c4cc[nH]c(=O)c4c32)c1. The maximum absolute atomic E-state index is 12.1. The minimum Gasteiger partial charge on any atom is -0.497 e. The van der Waals surface area contributed by atoms with Crippen LogP contribution in [0.4, 0.5) is 0 Å². The van der Waals surface area contributed by atoms with Crippen molar-refractivity contribution >= 4 is 32.6 Å². The summed E-state index contributed by atoms with van der Waals surface area (Å²) in [7, 11) is 1.65. The van der Waals surface area contributed by atoms with E-state index >= 15 is 0 Å². The number of aromatic amines is 2. The fraction of sp³-hybridized carbons (Fsp3) is 0.0625. The molecule has 4 rings (SSSR count). The van der Waals surface area contributed by atoms with E-state index in [9.17, 15) is 4.79 Å². The van der Waals surface area contributed by atoms with Gasteiger partial charge in [0.25, 0.3) is 5.56 Å². The van der Waals surface area contributed by atoms with Gasteiger partial charge in [-0.3, -0.25) is 4.79 Å². The summed E-state index contributed by atoms with van der Waals surface area (Å²) in [5.74, 6) is 0.811. The summed E-state index contributed by atoms with van der Waals surface area (Å²) in [6.07, 6.45) is 1.66. The molecule has 2 heterocycles. The van der Waals surface area contributed by atoms with Gasteiger partial charge in [0.1, 0.15) is 5.75 Å². The zero-order valence-corrected chi connectivity index (χ0v) is 10.9.